The van der Waals surface area contributed by atoms with Crippen molar-refractivity contribution in [2.24, 2.45) is 0 Å². The van der Waals surface area contributed by atoms with E-state index in [9.17, 15) is 0 Å². The third kappa shape index (κ3) is 2.82. The number of nitrogens with one attached hydrogen (secondary N) is 1. The molecule has 0 spiro atoms. The molecular weight excluding hydrogens is 216 g/mol. The molecule has 5 heteroatoms. The zero-order chi connectivity index (χ0) is 12.1. The van der Waals surface area contributed by atoms with Crippen molar-refractivity contribution < 1.29 is 4.74 Å². The summed E-state index contributed by atoms with van der Waals surface area (Å²) < 4.78 is 7.04. The summed E-state index contributed by atoms with van der Waals surface area (Å²) >= 11 is 0. The Morgan fingerprint density at radius 1 is 1.47 bits per heavy atom. The quantitative estimate of drug-likeness (QED) is 0.852. The highest BCUT2D eigenvalue weighted by Gasteiger charge is 2.07. The van der Waals surface area contributed by atoms with Gasteiger partial charge in [-0.3, -0.25) is 9.55 Å². The van der Waals surface area contributed by atoms with Crippen molar-refractivity contribution >= 4 is 5.95 Å². The smallest absolute Gasteiger partial charge is 0.207 e. The van der Waals surface area contributed by atoms with Crippen LogP contribution in [0.1, 0.15) is 6.92 Å². The summed E-state index contributed by atoms with van der Waals surface area (Å²) in [5, 5.41) is 3.29. The van der Waals surface area contributed by atoms with Gasteiger partial charge in [-0.25, -0.2) is 4.98 Å². The molecule has 2 heterocycles. The molecule has 2 aromatic heterocycles. The van der Waals surface area contributed by atoms with Crippen LogP contribution < -0.4 is 5.32 Å². The lowest BCUT2D eigenvalue weighted by atomic mass is 10.4. The Kier molecular flexibility index (Phi) is 3.72. The molecule has 1 unspecified atom stereocenters. The maximum atomic E-state index is 5.09. The monoisotopic (exact) mass is 232 g/mol. The van der Waals surface area contributed by atoms with Gasteiger partial charge in [0.05, 0.1) is 18.5 Å². The topological polar surface area (TPSA) is 52.0 Å². The molecule has 0 amide bonds. The fourth-order valence-corrected chi connectivity index (χ4v) is 1.63. The van der Waals surface area contributed by atoms with Crippen LogP contribution in [0, 0.1) is 0 Å². The van der Waals surface area contributed by atoms with Crippen LogP contribution in [0.2, 0.25) is 0 Å². The molecule has 0 bridgehead atoms. The Bertz CT molecular complexity index is 455. The molecule has 0 saturated heterocycles. The number of methoxy groups -OCH3 is 1. The largest absolute Gasteiger partial charge is 0.383 e. The van der Waals surface area contributed by atoms with E-state index in [1.807, 2.05) is 29.8 Å². The molecule has 0 fully saturated rings. The van der Waals surface area contributed by atoms with Crippen LogP contribution in [-0.2, 0) is 4.74 Å². The Balaban J connectivity index is 2.18. The van der Waals surface area contributed by atoms with Gasteiger partial charge in [0.15, 0.2) is 0 Å². The first-order valence-electron chi connectivity index (χ1n) is 5.50. The highest BCUT2D eigenvalue weighted by molar-refractivity contribution is 5.40. The van der Waals surface area contributed by atoms with E-state index in [2.05, 4.69) is 15.3 Å². The zero-order valence-electron chi connectivity index (χ0n) is 10.00. The standard InChI is InChI=1S/C12H16N4O/c1-10(9-17-2)15-12-14-6-7-16(12)11-4-3-5-13-8-11/h3-8,10H,9H2,1-2H3,(H,14,15). The lowest BCUT2D eigenvalue weighted by Gasteiger charge is -2.14. The molecule has 5 nitrogen and oxygen atoms in total. The maximum absolute atomic E-state index is 5.09. The van der Waals surface area contributed by atoms with E-state index < -0.39 is 0 Å². The molecule has 0 aliphatic carbocycles. The fraction of sp³-hybridized carbons (Fsp3) is 0.333. The van der Waals surface area contributed by atoms with Crippen LogP contribution in [0.4, 0.5) is 5.95 Å². The van der Waals surface area contributed by atoms with Crippen molar-refractivity contribution in [1.29, 1.82) is 0 Å². The van der Waals surface area contributed by atoms with E-state index in [0.717, 1.165) is 11.6 Å². The highest BCUT2D eigenvalue weighted by atomic mass is 16.5. The summed E-state index contributed by atoms with van der Waals surface area (Å²) in [7, 11) is 1.69. The second-order valence-electron chi connectivity index (χ2n) is 3.83. The Morgan fingerprint density at radius 3 is 3.06 bits per heavy atom. The van der Waals surface area contributed by atoms with Crippen LogP contribution in [0.15, 0.2) is 36.9 Å². The molecule has 0 aliphatic heterocycles. The molecule has 2 rings (SSSR count). The van der Waals surface area contributed by atoms with E-state index in [1.165, 1.54) is 0 Å². The molecule has 17 heavy (non-hydrogen) atoms. The predicted octanol–water partition coefficient (Wildman–Crippen LogP) is 1.71. The van der Waals surface area contributed by atoms with Crippen LogP contribution in [0.25, 0.3) is 5.69 Å². The van der Waals surface area contributed by atoms with Gasteiger partial charge in [-0.1, -0.05) is 0 Å². The van der Waals surface area contributed by atoms with Gasteiger partial charge in [-0.2, -0.15) is 0 Å². The lowest BCUT2D eigenvalue weighted by molar-refractivity contribution is 0.190. The summed E-state index contributed by atoms with van der Waals surface area (Å²) in [6.45, 7) is 2.69. The fourth-order valence-electron chi connectivity index (χ4n) is 1.63. The molecule has 1 atom stereocenters. The summed E-state index contributed by atoms with van der Waals surface area (Å²) in [5.41, 5.74) is 0.983. The van der Waals surface area contributed by atoms with Crippen LogP contribution in [0.5, 0.6) is 0 Å². The van der Waals surface area contributed by atoms with Gasteiger partial charge in [0.2, 0.25) is 5.95 Å². The van der Waals surface area contributed by atoms with Gasteiger partial charge in [-0.05, 0) is 19.1 Å². The molecule has 90 valence electrons. The number of anilines is 1. The first-order chi connectivity index (χ1) is 8.31. The van der Waals surface area contributed by atoms with Gasteiger partial charge in [0.1, 0.15) is 0 Å². The van der Waals surface area contributed by atoms with Crippen LogP contribution >= 0.6 is 0 Å². The number of imidazole rings is 1. The maximum Gasteiger partial charge on any atom is 0.207 e. The van der Waals surface area contributed by atoms with Gasteiger partial charge in [-0.15, -0.1) is 0 Å². The summed E-state index contributed by atoms with van der Waals surface area (Å²) in [6.07, 6.45) is 7.21. The minimum absolute atomic E-state index is 0.206. The number of nitrogens with zero attached hydrogens (tertiary/aromatic N) is 3. The second kappa shape index (κ2) is 5.45. The summed E-state index contributed by atoms with van der Waals surface area (Å²) in [5.74, 6) is 0.794. The summed E-state index contributed by atoms with van der Waals surface area (Å²) in [4.78, 5) is 8.38. The SMILES string of the molecule is COCC(C)Nc1nccn1-c1cccnc1. The number of aromatic nitrogens is 3. The lowest BCUT2D eigenvalue weighted by Crippen LogP contribution is -2.22. The van der Waals surface area contributed by atoms with Crippen molar-refractivity contribution in [3.63, 3.8) is 0 Å². The van der Waals surface area contributed by atoms with Gasteiger partial charge < -0.3 is 10.1 Å². The minimum Gasteiger partial charge on any atom is -0.383 e. The van der Waals surface area contributed by atoms with E-state index in [-0.39, 0.29) is 6.04 Å². The molecule has 0 saturated carbocycles. The Labute approximate surface area is 100 Å². The third-order valence-electron chi connectivity index (χ3n) is 2.36. The number of hydrogen-bond donors (Lipinski definition) is 1. The van der Waals surface area contributed by atoms with Gasteiger partial charge in [0, 0.05) is 31.7 Å². The molecular formula is C12H16N4O. The van der Waals surface area contributed by atoms with E-state index in [1.54, 1.807) is 25.7 Å². The number of ether oxygens (including phenoxy) is 1. The van der Waals surface area contributed by atoms with Crippen LogP contribution in [0.3, 0.4) is 0 Å². The second-order valence-corrected chi connectivity index (χ2v) is 3.83. The number of rotatable bonds is 5. The van der Waals surface area contributed by atoms with E-state index in [4.69, 9.17) is 4.74 Å². The predicted molar refractivity (Wildman–Crippen MR) is 66.3 cm³/mol. The van der Waals surface area contributed by atoms with E-state index in [0.29, 0.717) is 6.61 Å². The summed E-state index contributed by atoms with van der Waals surface area (Å²) in [6, 6.07) is 4.09. The third-order valence-corrected chi connectivity index (χ3v) is 2.36. The normalized spacial score (nSPS) is 12.4. The molecule has 0 aliphatic rings. The molecule has 1 N–H and O–H groups in total. The van der Waals surface area contributed by atoms with Crippen molar-refractivity contribution in [2.75, 3.05) is 19.0 Å². The first-order valence-corrected chi connectivity index (χ1v) is 5.50. The zero-order valence-corrected chi connectivity index (χ0v) is 10.00. The Hall–Kier alpha value is -1.88. The average Bonchev–Trinajstić information content (AvgIpc) is 2.78. The number of hydrogen-bond acceptors (Lipinski definition) is 4. The Morgan fingerprint density at radius 2 is 2.35 bits per heavy atom. The van der Waals surface area contributed by atoms with Crippen molar-refractivity contribution in [3.8, 4) is 5.69 Å². The average molecular weight is 232 g/mol. The molecule has 0 radical (unpaired) electrons. The highest BCUT2D eigenvalue weighted by Crippen LogP contribution is 2.13. The van der Waals surface area contributed by atoms with E-state index >= 15 is 0 Å². The molecule has 2 aromatic rings. The number of pyridine rings is 1. The first kappa shape index (κ1) is 11.6. The van der Waals surface area contributed by atoms with Crippen molar-refractivity contribution in [3.05, 3.63) is 36.9 Å². The van der Waals surface area contributed by atoms with Crippen LogP contribution in [-0.4, -0.2) is 34.3 Å². The van der Waals surface area contributed by atoms with Crippen molar-refractivity contribution in [2.45, 2.75) is 13.0 Å². The molecule has 0 aromatic carbocycles. The van der Waals surface area contributed by atoms with Gasteiger partial charge in [0.25, 0.3) is 0 Å². The minimum atomic E-state index is 0.206. The van der Waals surface area contributed by atoms with Gasteiger partial charge >= 0.3 is 0 Å². The van der Waals surface area contributed by atoms with Crippen molar-refractivity contribution in [1.82, 2.24) is 14.5 Å².